The maximum Gasteiger partial charge on any atom is 0.274 e. The lowest BCUT2D eigenvalue weighted by Gasteiger charge is -2.28. The van der Waals surface area contributed by atoms with E-state index in [9.17, 15) is 4.79 Å². The van der Waals surface area contributed by atoms with Gasteiger partial charge in [0.1, 0.15) is 5.69 Å². The molecule has 1 N–H and O–H groups in total. The molecule has 1 saturated heterocycles. The second-order valence-corrected chi connectivity index (χ2v) is 6.62. The number of rotatable bonds is 6. The quantitative estimate of drug-likeness (QED) is 0.848. The molecule has 0 spiro atoms. The molecule has 2 aromatic rings. The molecule has 1 aliphatic heterocycles. The van der Waals surface area contributed by atoms with Crippen molar-refractivity contribution in [1.82, 2.24) is 4.98 Å². The van der Waals surface area contributed by atoms with Gasteiger partial charge in [-0.3, -0.25) is 4.79 Å². The molecule has 0 aliphatic carbocycles. The fraction of sp³-hybridized carbons (Fsp3) is 0.429. The van der Waals surface area contributed by atoms with Crippen LogP contribution in [-0.4, -0.2) is 37.1 Å². The summed E-state index contributed by atoms with van der Waals surface area (Å²) in [7, 11) is 0. The van der Waals surface area contributed by atoms with E-state index in [-0.39, 0.29) is 5.91 Å². The first-order valence-electron chi connectivity index (χ1n) is 9.58. The minimum Gasteiger partial charge on any atom is -0.372 e. The van der Waals surface area contributed by atoms with Gasteiger partial charge in [-0.2, -0.15) is 0 Å². The van der Waals surface area contributed by atoms with E-state index < -0.39 is 0 Å². The highest BCUT2D eigenvalue weighted by molar-refractivity contribution is 6.03. The molecule has 1 amide bonds. The van der Waals surface area contributed by atoms with Crippen molar-refractivity contribution in [3.05, 3.63) is 48.3 Å². The molecule has 138 valence electrons. The molecular formula is C21H28N4O. The average Bonchev–Trinajstić information content (AvgIpc) is 2.71. The molecule has 1 aromatic heterocycles. The lowest BCUT2D eigenvalue weighted by Crippen LogP contribution is -2.29. The van der Waals surface area contributed by atoms with Gasteiger partial charge in [-0.25, -0.2) is 4.98 Å². The lowest BCUT2D eigenvalue weighted by atomic mass is 10.1. The Hall–Kier alpha value is -2.56. The Morgan fingerprint density at radius 3 is 2.31 bits per heavy atom. The highest BCUT2D eigenvalue weighted by atomic mass is 16.1. The van der Waals surface area contributed by atoms with Crippen LogP contribution in [-0.2, 0) is 0 Å². The van der Waals surface area contributed by atoms with Crippen molar-refractivity contribution < 1.29 is 4.79 Å². The summed E-state index contributed by atoms with van der Waals surface area (Å²) in [5.41, 5.74) is 3.49. The molecule has 0 unspecified atom stereocenters. The monoisotopic (exact) mass is 352 g/mol. The molecule has 0 atom stereocenters. The first kappa shape index (κ1) is 18.2. The van der Waals surface area contributed by atoms with E-state index in [2.05, 4.69) is 33.9 Å². The molecule has 5 heteroatoms. The number of benzene rings is 1. The highest BCUT2D eigenvalue weighted by Gasteiger charge is 2.13. The van der Waals surface area contributed by atoms with E-state index in [1.807, 2.05) is 42.6 Å². The van der Waals surface area contributed by atoms with Crippen molar-refractivity contribution in [1.29, 1.82) is 0 Å². The number of anilines is 3. The Morgan fingerprint density at radius 2 is 1.73 bits per heavy atom. The van der Waals surface area contributed by atoms with Crippen LogP contribution in [0.25, 0.3) is 0 Å². The first-order chi connectivity index (χ1) is 12.7. The summed E-state index contributed by atoms with van der Waals surface area (Å²) in [6.07, 6.45) is 5.57. The third kappa shape index (κ3) is 4.34. The Labute approximate surface area is 156 Å². The third-order valence-corrected chi connectivity index (χ3v) is 4.96. The summed E-state index contributed by atoms with van der Waals surface area (Å²) in [6.45, 7) is 8.36. The number of aromatic nitrogens is 1. The van der Waals surface area contributed by atoms with E-state index >= 15 is 0 Å². The predicted octanol–water partition coefficient (Wildman–Crippen LogP) is 4.17. The van der Waals surface area contributed by atoms with Crippen molar-refractivity contribution in [2.45, 2.75) is 33.1 Å². The van der Waals surface area contributed by atoms with Gasteiger partial charge >= 0.3 is 0 Å². The minimum absolute atomic E-state index is 0.175. The van der Waals surface area contributed by atoms with Gasteiger partial charge in [0.25, 0.3) is 5.91 Å². The van der Waals surface area contributed by atoms with Crippen LogP contribution in [0.2, 0.25) is 0 Å². The maximum absolute atomic E-state index is 12.4. The molecule has 0 bridgehead atoms. The van der Waals surface area contributed by atoms with Crippen molar-refractivity contribution >= 4 is 23.0 Å². The van der Waals surface area contributed by atoms with E-state index in [4.69, 9.17) is 0 Å². The second-order valence-electron chi connectivity index (χ2n) is 6.62. The van der Waals surface area contributed by atoms with Crippen LogP contribution in [0.15, 0.2) is 42.6 Å². The Balaban J connectivity index is 1.62. The van der Waals surface area contributed by atoms with Gasteiger partial charge in [-0.1, -0.05) is 0 Å². The molecule has 1 aromatic carbocycles. The van der Waals surface area contributed by atoms with Gasteiger partial charge in [0.05, 0.1) is 11.9 Å². The fourth-order valence-electron chi connectivity index (χ4n) is 3.40. The number of carbonyl (C=O) groups is 1. The smallest absolute Gasteiger partial charge is 0.274 e. The summed E-state index contributed by atoms with van der Waals surface area (Å²) < 4.78 is 0. The van der Waals surface area contributed by atoms with Crippen LogP contribution in [0.3, 0.4) is 0 Å². The van der Waals surface area contributed by atoms with Gasteiger partial charge in [-0.15, -0.1) is 0 Å². The van der Waals surface area contributed by atoms with Crippen LogP contribution in [0, 0.1) is 0 Å². The third-order valence-electron chi connectivity index (χ3n) is 4.96. The van der Waals surface area contributed by atoms with Crippen molar-refractivity contribution in [2.24, 2.45) is 0 Å². The summed E-state index contributed by atoms with van der Waals surface area (Å²) in [5, 5.41) is 2.93. The molecule has 3 rings (SSSR count). The zero-order valence-electron chi connectivity index (χ0n) is 15.7. The average molecular weight is 352 g/mol. The summed E-state index contributed by atoms with van der Waals surface area (Å²) >= 11 is 0. The van der Waals surface area contributed by atoms with Gasteiger partial charge in [0, 0.05) is 37.6 Å². The van der Waals surface area contributed by atoms with Gasteiger partial charge < -0.3 is 15.1 Å². The van der Waals surface area contributed by atoms with Gasteiger partial charge in [-0.05, 0) is 69.5 Å². The first-order valence-corrected chi connectivity index (χ1v) is 9.58. The molecule has 1 fully saturated rings. The van der Waals surface area contributed by atoms with Crippen molar-refractivity contribution in [3.63, 3.8) is 0 Å². The molecule has 0 radical (unpaired) electrons. The van der Waals surface area contributed by atoms with Crippen LogP contribution in [0.1, 0.15) is 43.6 Å². The lowest BCUT2D eigenvalue weighted by molar-refractivity contribution is 0.102. The molecule has 1 aliphatic rings. The summed E-state index contributed by atoms with van der Waals surface area (Å²) in [6, 6.07) is 11.8. The Bertz CT molecular complexity index is 702. The second kappa shape index (κ2) is 8.70. The standard InChI is InChI=1S/C21H28N4O/c1-3-24(4-2)18-10-8-17(9-11-18)23-21(26)20-13-12-19(16-22-20)25-14-6-5-7-15-25/h8-13,16H,3-7,14-15H2,1-2H3,(H,23,26). The number of carbonyl (C=O) groups excluding carboxylic acids is 1. The highest BCUT2D eigenvalue weighted by Crippen LogP contribution is 2.20. The SMILES string of the molecule is CCN(CC)c1ccc(NC(=O)c2ccc(N3CCCCC3)cn2)cc1. The van der Waals surface area contributed by atoms with Crippen LogP contribution < -0.4 is 15.1 Å². The van der Waals surface area contributed by atoms with Crippen LogP contribution in [0.4, 0.5) is 17.1 Å². The number of hydrogen-bond acceptors (Lipinski definition) is 4. The van der Waals surface area contributed by atoms with E-state index in [0.29, 0.717) is 5.69 Å². The zero-order valence-corrected chi connectivity index (χ0v) is 15.7. The van der Waals surface area contributed by atoms with Crippen molar-refractivity contribution in [3.8, 4) is 0 Å². The van der Waals surface area contributed by atoms with Crippen LogP contribution in [0.5, 0.6) is 0 Å². The Morgan fingerprint density at radius 1 is 1.04 bits per heavy atom. The molecule has 2 heterocycles. The van der Waals surface area contributed by atoms with Gasteiger partial charge in [0.15, 0.2) is 0 Å². The summed E-state index contributed by atoms with van der Waals surface area (Å²) in [5.74, 6) is -0.175. The van der Waals surface area contributed by atoms with E-state index in [0.717, 1.165) is 43.2 Å². The largest absolute Gasteiger partial charge is 0.372 e. The van der Waals surface area contributed by atoms with E-state index in [1.165, 1.54) is 19.3 Å². The summed E-state index contributed by atoms with van der Waals surface area (Å²) in [4.78, 5) is 21.4. The van der Waals surface area contributed by atoms with E-state index in [1.54, 1.807) is 0 Å². The number of pyridine rings is 1. The zero-order chi connectivity index (χ0) is 18.4. The van der Waals surface area contributed by atoms with Gasteiger partial charge in [0.2, 0.25) is 0 Å². The number of piperidine rings is 1. The fourth-order valence-corrected chi connectivity index (χ4v) is 3.40. The molecule has 0 saturated carbocycles. The number of hydrogen-bond donors (Lipinski definition) is 1. The van der Waals surface area contributed by atoms with Crippen molar-refractivity contribution in [2.75, 3.05) is 41.3 Å². The maximum atomic E-state index is 12.4. The number of nitrogens with zero attached hydrogens (tertiary/aromatic N) is 3. The molecule has 5 nitrogen and oxygen atoms in total. The normalized spacial score (nSPS) is 14.2. The minimum atomic E-state index is -0.175. The number of nitrogens with one attached hydrogen (secondary N) is 1. The molecular weight excluding hydrogens is 324 g/mol. The van der Waals surface area contributed by atoms with Crippen LogP contribution >= 0.6 is 0 Å². The topological polar surface area (TPSA) is 48.5 Å². The predicted molar refractivity (Wildman–Crippen MR) is 108 cm³/mol. The number of amides is 1. The Kier molecular flexibility index (Phi) is 6.10. The molecule has 26 heavy (non-hydrogen) atoms.